The van der Waals surface area contributed by atoms with Gasteiger partial charge in [0.25, 0.3) is 0 Å². The van der Waals surface area contributed by atoms with E-state index in [-0.39, 0.29) is 37.9 Å². The lowest BCUT2D eigenvalue weighted by atomic mass is 9.86. The molecule has 0 aliphatic rings. The molecule has 0 bridgehead atoms. The molecule has 0 aromatic heterocycles. The van der Waals surface area contributed by atoms with E-state index in [4.69, 9.17) is 42.7 Å². The summed E-state index contributed by atoms with van der Waals surface area (Å²) in [4.78, 5) is 0. The maximum absolute atomic E-state index is 13.1. The number of nitrogens with zero attached hydrogens (tertiary/aromatic N) is 1. The Labute approximate surface area is 752 Å². The summed E-state index contributed by atoms with van der Waals surface area (Å²) >= 11 is 11.9. The topological polar surface area (TPSA) is 51.5 Å². The number of hydrogen-bond acceptors (Lipinski definition) is 4. The van der Waals surface area contributed by atoms with Crippen LogP contribution in [0, 0.1) is 23.0 Å². The maximum atomic E-state index is 13.1. The Morgan fingerprint density at radius 3 is 0.790 bits per heavy atom. The molecule has 0 radical (unpaired) electrons. The van der Waals surface area contributed by atoms with Gasteiger partial charge in [-0.2, -0.15) is 5.26 Å². The maximum Gasteiger partial charge on any atom is 0.126 e. The van der Waals surface area contributed by atoms with Crippen molar-refractivity contribution >= 4 is 23.2 Å². The van der Waals surface area contributed by atoms with E-state index >= 15 is 0 Å². The molecule has 14 aromatic carbocycles. The fraction of sp³-hybridized carbons (Fsp3) is 0.267. The highest BCUT2D eigenvalue weighted by atomic mass is 35.5. The number of benzene rings is 14. The normalized spacial score (nSPS) is 11.4. The largest absolute Gasteiger partial charge is 0.497 e. The molecular weight excluding hydrogens is 1560 g/mol. The minimum Gasteiger partial charge on any atom is -0.497 e. The summed E-state index contributed by atoms with van der Waals surface area (Å²) in [5.74, 6) is 1.60. The molecule has 0 amide bonds. The third-order valence-electron chi connectivity index (χ3n) is 21.4. The molecule has 14 rings (SSSR count). The van der Waals surface area contributed by atoms with Crippen LogP contribution in [0.4, 0.5) is 8.78 Å². The van der Waals surface area contributed by atoms with Gasteiger partial charge < -0.3 is 14.2 Å². The van der Waals surface area contributed by atoms with Gasteiger partial charge in [-0.3, -0.25) is 0 Å². The number of ether oxygens (including phenoxy) is 3. The molecule has 0 heterocycles. The average molecular weight is 1690 g/mol. The lowest BCUT2D eigenvalue weighted by Crippen LogP contribution is -2.10. The van der Waals surface area contributed by atoms with Crippen molar-refractivity contribution in [2.24, 2.45) is 0 Å². The van der Waals surface area contributed by atoms with Crippen molar-refractivity contribution in [2.45, 2.75) is 183 Å². The lowest BCUT2D eigenvalue weighted by Gasteiger charge is -2.19. The van der Waals surface area contributed by atoms with Crippen LogP contribution in [0.1, 0.15) is 190 Å². The van der Waals surface area contributed by atoms with Gasteiger partial charge in [0.1, 0.15) is 28.9 Å². The summed E-state index contributed by atoms with van der Waals surface area (Å²) < 4.78 is 42.1. The molecular formula is C116H127Cl2F2NO3. The van der Waals surface area contributed by atoms with Crippen molar-refractivity contribution < 1.29 is 23.0 Å². The van der Waals surface area contributed by atoms with Crippen molar-refractivity contribution in [3.05, 3.63) is 400 Å². The van der Waals surface area contributed by atoms with Crippen molar-refractivity contribution in [3.63, 3.8) is 0 Å². The van der Waals surface area contributed by atoms with Gasteiger partial charge in [-0.25, -0.2) is 8.78 Å². The molecule has 0 aliphatic heterocycles. The molecule has 0 aliphatic carbocycles. The number of rotatable bonds is 10. The van der Waals surface area contributed by atoms with Crippen molar-refractivity contribution in [3.8, 4) is 101 Å². The van der Waals surface area contributed by atoms with Crippen LogP contribution in [0.15, 0.2) is 334 Å². The second kappa shape index (κ2) is 43.6. The van der Waals surface area contributed by atoms with E-state index in [0.29, 0.717) is 11.1 Å². The van der Waals surface area contributed by atoms with Gasteiger partial charge in [0.05, 0.1) is 33.0 Å². The van der Waals surface area contributed by atoms with E-state index in [0.717, 1.165) is 55.6 Å². The number of para-hydroxylation sites is 1. The molecule has 642 valence electrons. The molecule has 4 nitrogen and oxygen atoms in total. The highest BCUT2D eigenvalue weighted by Gasteiger charge is 2.20. The van der Waals surface area contributed by atoms with E-state index in [2.05, 4.69) is 346 Å². The van der Waals surface area contributed by atoms with Gasteiger partial charge >= 0.3 is 0 Å². The highest BCUT2D eigenvalue weighted by molar-refractivity contribution is 6.31. The van der Waals surface area contributed by atoms with Crippen molar-refractivity contribution in [1.29, 1.82) is 5.26 Å². The summed E-state index contributed by atoms with van der Waals surface area (Å²) in [7, 11) is 5.09. The summed E-state index contributed by atoms with van der Waals surface area (Å²) in [5.41, 5.74) is 27.0. The Morgan fingerprint density at radius 1 is 0.226 bits per heavy atom. The predicted molar refractivity (Wildman–Crippen MR) is 528 cm³/mol. The molecule has 0 unspecified atom stereocenters. The Balaban J connectivity index is 0.000000179. The van der Waals surface area contributed by atoms with Crippen LogP contribution in [-0.4, -0.2) is 21.3 Å². The van der Waals surface area contributed by atoms with E-state index in [1.807, 2.05) is 121 Å². The van der Waals surface area contributed by atoms with E-state index in [1.165, 1.54) is 101 Å². The second-order valence-corrected chi connectivity index (χ2v) is 39.2. The van der Waals surface area contributed by atoms with Gasteiger partial charge in [-0.1, -0.05) is 417 Å². The monoisotopic (exact) mass is 1690 g/mol. The number of nitriles is 1. The fourth-order valence-electron chi connectivity index (χ4n) is 13.4. The minimum atomic E-state index is -0.551. The van der Waals surface area contributed by atoms with E-state index < -0.39 is 11.6 Å². The van der Waals surface area contributed by atoms with Crippen molar-refractivity contribution in [1.82, 2.24) is 0 Å². The highest BCUT2D eigenvalue weighted by Crippen LogP contribution is 2.37. The first-order valence-corrected chi connectivity index (χ1v) is 43.2. The van der Waals surface area contributed by atoms with Gasteiger partial charge in [-0.05, 0) is 228 Å². The standard InChI is InChI=1S/C17H17N.3C17H20O.2C16H17Cl.C16H16F2/c1-17(2,3)16-10-8-15(9-11-16)14-6-4-13(12-18)5-7-14;1-17(2,3)15-9-5-13(6-10-15)14-7-11-16(18-4)12-8-14;1-17(2,3)15-10-8-13(9-11-15)14-6-5-7-16(12-14)18-4;1-17(2,3)14-11-9-13(10-12-14)15-7-5-6-8-16(15)18-4;1-16(2,3)14-8-4-12(5-9-14)13-6-10-15(17)11-7-13;1-16(2,3)14-9-7-12(8-10-14)13-5-4-6-15(17)11-13;1-16(2,3)13-6-4-11(5-7-13)12-8-14(17)10-15(18)9-12/h4-11H,1-3H3;3*5-12H,1-4H3;2*4-11H,1-3H3;4-10H,1-3H3. The molecule has 0 spiro atoms. The number of halogens is 4. The molecule has 14 aromatic rings. The summed E-state index contributed by atoms with van der Waals surface area (Å²) in [5, 5.41) is 10.3. The Bertz CT molecular complexity index is 5650. The number of methoxy groups -OCH3 is 3. The Hall–Kier alpha value is -11.6. The van der Waals surface area contributed by atoms with Crippen LogP contribution >= 0.6 is 23.2 Å². The zero-order valence-corrected chi connectivity index (χ0v) is 78.9. The lowest BCUT2D eigenvalue weighted by molar-refractivity contribution is 0.415. The molecule has 124 heavy (non-hydrogen) atoms. The third kappa shape index (κ3) is 30.1. The molecule has 0 fully saturated rings. The van der Waals surface area contributed by atoms with Crippen LogP contribution in [0.3, 0.4) is 0 Å². The summed E-state index contributed by atoms with van der Waals surface area (Å²) in [6, 6.07) is 114. The first-order chi connectivity index (χ1) is 58.3. The zero-order chi connectivity index (χ0) is 91.0. The van der Waals surface area contributed by atoms with Gasteiger partial charge in [0.2, 0.25) is 0 Å². The van der Waals surface area contributed by atoms with Crippen LogP contribution in [0.2, 0.25) is 10.0 Å². The van der Waals surface area contributed by atoms with Gasteiger partial charge in [0.15, 0.2) is 0 Å². The molecule has 0 saturated heterocycles. The first-order valence-electron chi connectivity index (χ1n) is 42.5. The second-order valence-electron chi connectivity index (χ2n) is 38.3. The Kier molecular flexibility index (Phi) is 34.4. The van der Waals surface area contributed by atoms with Crippen LogP contribution in [0.25, 0.3) is 77.9 Å². The fourth-order valence-corrected chi connectivity index (χ4v) is 13.7. The third-order valence-corrected chi connectivity index (χ3v) is 21.9. The van der Waals surface area contributed by atoms with Crippen LogP contribution in [0.5, 0.6) is 17.2 Å². The first kappa shape index (κ1) is 97.9. The van der Waals surface area contributed by atoms with E-state index in [9.17, 15) is 8.78 Å². The number of hydrogen-bond donors (Lipinski definition) is 0. The average Bonchev–Trinajstić information content (AvgIpc) is 0.856. The summed E-state index contributed by atoms with van der Waals surface area (Å²) in [6.45, 7) is 46.4. The van der Waals surface area contributed by atoms with Gasteiger partial charge in [-0.15, -0.1) is 0 Å². The quantitative estimate of drug-likeness (QED) is 0.137. The predicted octanol–water partition coefficient (Wildman–Crippen LogP) is 34.0. The van der Waals surface area contributed by atoms with E-state index in [1.54, 1.807) is 21.3 Å². The SMILES string of the molecule is CC(C)(C)c1ccc(-c2cc(F)cc(F)c2)cc1.CC(C)(C)c1ccc(-c2ccc(C#N)cc2)cc1.CC(C)(C)c1ccc(-c2ccc(Cl)cc2)cc1.CC(C)(C)c1ccc(-c2cccc(Cl)c2)cc1.COc1ccc(-c2ccc(C(C)(C)C)cc2)cc1.COc1cccc(-c2ccc(C(C)(C)C)cc2)c1.COc1ccccc1-c1ccc(C(C)(C)C)cc1. The Morgan fingerprint density at radius 2 is 0.492 bits per heavy atom. The van der Waals surface area contributed by atoms with Crippen LogP contribution < -0.4 is 14.2 Å². The smallest absolute Gasteiger partial charge is 0.126 e. The molecule has 8 heteroatoms. The molecule has 0 saturated carbocycles. The zero-order valence-electron chi connectivity index (χ0n) is 77.4. The summed E-state index contributed by atoms with van der Waals surface area (Å²) in [6.07, 6.45) is 0. The van der Waals surface area contributed by atoms with Crippen molar-refractivity contribution in [2.75, 3.05) is 21.3 Å². The molecule has 0 atom stereocenters. The molecule has 0 N–H and O–H groups in total. The van der Waals surface area contributed by atoms with Crippen LogP contribution in [-0.2, 0) is 37.9 Å². The van der Waals surface area contributed by atoms with Gasteiger partial charge in [0, 0.05) is 21.7 Å². The minimum absolute atomic E-state index is 0.0751.